The van der Waals surface area contributed by atoms with Crippen LogP contribution in [0.2, 0.25) is 0 Å². The van der Waals surface area contributed by atoms with Crippen LogP contribution in [0.3, 0.4) is 0 Å². The van der Waals surface area contributed by atoms with Gasteiger partial charge in [-0.25, -0.2) is 4.98 Å². The summed E-state index contributed by atoms with van der Waals surface area (Å²) in [5, 5.41) is 3.37. The quantitative estimate of drug-likeness (QED) is 0.502. The Kier molecular flexibility index (Phi) is 9.74. The number of hydrogen-bond acceptors (Lipinski definition) is 4. The summed E-state index contributed by atoms with van der Waals surface area (Å²) in [6.07, 6.45) is 11.3. The molecular formula is C27H45N5O2. The number of allylic oxidation sites excluding steroid dienone is 1. The minimum Gasteiger partial charge on any atom is -0.341 e. The maximum absolute atomic E-state index is 13.7. The predicted octanol–water partition coefficient (Wildman–Crippen LogP) is 3.50. The van der Waals surface area contributed by atoms with E-state index in [0.717, 1.165) is 70.5 Å². The molecule has 3 rings (SSSR count). The lowest BCUT2D eigenvalue weighted by molar-refractivity contribution is -0.150. The molecule has 7 heteroatoms. The average molecular weight is 472 g/mol. The molecular weight excluding hydrogens is 426 g/mol. The minimum absolute atomic E-state index is 0.0974. The Morgan fingerprint density at radius 1 is 1.21 bits per heavy atom. The second-order valence-corrected chi connectivity index (χ2v) is 10.9. The van der Waals surface area contributed by atoms with Crippen molar-refractivity contribution in [2.75, 3.05) is 26.2 Å². The molecule has 0 aliphatic carbocycles. The van der Waals surface area contributed by atoms with Gasteiger partial charge in [-0.15, -0.1) is 6.58 Å². The van der Waals surface area contributed by atoms with E-state index in [2.05, 4.69) is 49.1 Å². The highest BCUT2D eigenvalue weighted by atomic mass is 16.2. The van der Waals surface area contributed by atoms with Crippen molar-refractivity contribution in [3.05, 3.63) is 30.9 Å². The number of aryl methyl sites for hydroxylation is 1. The molecule has 2 atom stereocenters. The molecule has 2 aliphatic rings. The number of nitrogens with zero attached hydrogens (tertiary/aromatic N) is 4. The molecule has 7 nitrogen and oxygen atoms in total. The first-order valence-electron chi connectivity index (χ1n) is 13.2. The lowest BCUT2D eigenvalue weighted by Crippen LogP contribution is -2.62. The fraction of sp³-hybridized carbons (Fsp3) is 0.741. The van der Waals surface area contributed by atoms with Gasteiger partial charge in [0.25, 0.3) is 0 Å². The molecule has 0 aromatic carbocycles. The summed E-state index contributed by atoms with van der Waals surface area (Å²) < 4.78 is 2.22. The van der Waals surface area contributed by atoms with E-state index in [1.54, 1.807) is 0 Å². The van der Waals surface area contributed by atoms with Crippen LogP contribution < -0.4 is 5.32 Å². The third-order valence-corrected chi connectivity index (χ3v) is 7.16. The van der Waals surface area contributed by atoms with Crippen LogP contribution in [0.1, 0.15) is 65.6 Å². The lowest BCUT2D eigenvalue weighted by Gasteiger charge is -2.42. The van der Waals surface area contributed by atoms with Gasteiger partial charge in [-0.1, -0.05) is 33.8 Å². The Bertz CT molecular complexity index is 810. The topological polar surface area (TPSA) is 70.5 Å². The molecule has 2 saturated heterocycles. The number of imidazole rings is 1. The predicted molar refractivity (Wildman–Crippen MR) is 136 cm³/mol. The summed E-state index contributed by atoms with van der Waals surface area (Å²) in [7, 11) is 0. The average Bonchev–Trinajstić information content (AvgIpc) is 3.24. The number of piperazine rings is 1. The molecule has 0 spiro atoms. The Balaban J connectivity index is 1.61. The number of rotatable bonds is 11. The third kappa shape index (κ3) is 6.94. The van der Waals surface area contributed by atoms with E-state index in [1.165, 1.54) is 0 Å². The van der Waals surface area contributed by atoms with Gasteiger partial charge in [0.1, 0.15) is 11.9 Å². The van der Waals surface area contributed by atoms with E-state index in [4.69, 9.17) is 0 Å². The number of likely N-dealkylation sites (tertiary alicyclic amines) is 1. The zero-order valence-electron chi connectivity index (χ0n) is 21.7. The number of carbonyl (C=O) groups is 2. The molecule has 2 fully saturated rings. The van der Waals surface area contributed by atoms with E-state index in [1.807, 2.05) is 28.3 Å². The lowest BCUT2D eigenvalue weighted by atomic mass is 9.91. The molecule has 0 unspecified atom stereocenters. The fourth-order valence-corrected chi connectivity index (χ4v) is 5.32. The van der Waals surface area contributed by atoms with Crippen molar-refractivity contribution in [3.63, 3.8) is 0 Å². The van der Waals surface area contributed by atoms with Crippen molar-refractivity contribution in [1.82, 2.24) is 24.7 Å². The van der Waals surface area contributed by atoms with Crippen LogP contribution in [0.25, 0.3) is 0 Å². The summed E-state index contributed by atoms with van der Waals surface area (Å²) in [6, 6.07) is -0.523. The third-order valence-electron chi connectivity index (χ3n) is 7.16. The van der Waals surface area contributed by atoms with Gasteiger partial charge in [-0.05, 0) is 49.9 Å². The van der Waals surface area contributed by atoms with Crippen molar-refractivity contribution in [2.24, 2.45) is 17.8 Å². The molecule has 1 aromatic rings. The van der Waals surface area contributed by atoms with E-state index >= 15 is 0 Å². The van der Waals surface area contributed by atoms with E-state index < -0.39 is 0 Å². The van der Waals surface area contributed by atoms with Gasteiger partial charge < -0.3 is 19.7 Å². The number of hydrogen-bond donors (Lipinski definition) is 1. The number of piperidine rings is 1. The van der Waals surface area contributed by atoms with Crippen LogP contribution in [-0.2, 0) is 22.6 Å². The van der Waals surface area contributed by atoms with Gasteiger partial charge >= 0.3 is 0 Å². The molecule has 0 bridgehead atoms. The summed E-state index contributed by atoms with van der Waals surface area (Å²) in [5.74, 6) is 2.69. The van der Waals surface area contributed by atoms with Gasteiger partial charge in [0.15, 0.2) is 0 Å². The van der Waals surface area contributed by atoms with Crippen molar-refractivity contribution in [2.45, 2.75) is 84.8 Å². The SMILES string of the molecule is C=CCCn1ccnc1CC1CCN(C(=O)[C@H](CC(C)C)N2CCN[C@@H](CC(C)C)C2=O)CC1. The molecule has 190 valence electrons. The molecule has 1 aromatic heterocycles. The molecule has 3 heterocycles. The summed E-state index contributed by atoms with van der Waals surface area (Å²) in [5.41, 5.74) is 0. The molecule has 2 amide bonds. The van der Waals surface area contributed by atoms with Crippen LogP contribution in [0.4, 0.5) is 0 Å². The van der Waals surface area contributed by atoms with Crippen molar-refractivity contribution in [3.8, 4) is 0 Å². The first-order valence-corrected chi connectivity index (χ1v) is 13.2. The Morgan fingerprint density at radius 2 is 1.94 bits per heavy atom. The van der Waals surface area contributed by atoms with Crippen molar-refractivity contribution in [1.29, 1.82) is 0 Å². The van der Waals surface area contributed by atoms with Crippen LogP contribution in [0, 0.1) is 17.8 Å². The molecule has 0 radical (unpaired) electrons. The highest BCUT2D eigenvalue weighted by Crippen LogP contribution is 2.25. The summed E-state index contributed by atoms with van der Waals surface area (Å²) >= 11 is 0. The largest absolute Gasteiger partial charge is 0.341 e. The zero-order chi connectivity index (χ0) is 24.7. The first kappa shape index (κ1) is 26.5. The zero-order valence-corrected chi connectivity index (χ0v) is 21.7. The minimum atomic E-state index is -0.349. The standard InChI is InChI=1S/C27H45N5O2/c1-6-7-12-30-15-10-29-25(30)19-22-8-13-31(14-9-22)27(34)24(18-21(4)5)32-16-11-28-23(26(32)33)17-20(2)3/h6,10,15,20-24,28H,1,7-9,11-14,16-19H2,2-5H3/t23-,24-/m0/s1. The van der Waals surface area contributed by atoms with Crippen LogP contribution >= 0.6 is 0 Å². The summed E-state index contributed by atoms with van der Waals surface area (Å²) in [6.45, 7) is 16.2. The molecule has 2 aliphatic heterocycles. The van der Waals surface area contributed by atoms with E-state index in [-0.39, 0.29) is 23.9 Å². The van der Waals surface area contributed by atoms with Crippen molar-refractivity contribution >= 4 is 11.8 Å². The normalized spacial score (nSPS) is 20.9. The van der Waals surface area contributed by atoms with Crippen molar-refractivity contribution < 1.29 is 9.59 Å². The Morgan fingerprint density at radius 3 is 2.59 bits per heavy atom. The molecule has 1 N–H and O–H groups in total. The Hall–Kier alpha value is -2.15. The van der Waals surface area contributed by atoms with Gasteiger partial charge in [0.05, 0.1) is 6.04 Å². The molecule has 0 saturated carbocycles. The summed E-state index contributed by atoms with van der Waals surface area (Å²) in [4.78, 5) is 35.4. The van der Waals surface area contributed by atoms with Crippen LogP contribution in [0.15, 0.2) is 25.0 Å². The van der Waals surface area contributed by atoms with Crippen LogP contribution in [0.5, 0.6) is 0 Å². The van der Waals surface area contributed by atoms with E-state index in [9.17, 15) is 9.59 Å². The monoisotopic (exact) mass is 471 g/mol. The van der Waals surface area contributed by atoms with Gasteiger partial charge in [0.2, 0.25) is 11.8 Å². The smallest absolute Gasteiger partial charge is 0.245 e. The number of nitrogens with one attached hydrogen (secondary N) is 1. The van der Waals surface area contributed by atoms with Gasteiger partial charge in [-0.3, -0.25) is 9.59 Å². The maximum atomic E-state index is 13.7. The van der Waals surface area contributed by atoms with Gasteiger partial charge in [0, 0.05) is 51.5 Å². The first-order chi connectivity index (χ1) is 16.3. The highest BCUT2D eigenvalue weighted by molar-refractivity contribution is 5.90. The molecule has 34 heavy (non-hydrogen) atoms. The number of carbonyl (C=O) groups excluding carboxylic acids is 2. The van der Waals surface area contributed by atoms with Gasteiger partial charge in [-0.2, -0.15) is 0 Å². The second-order valence-electron chi connectivity index (χ2n) is 10.9. The highest BCUT2D eigenvalue weighted by Gasteiger charge is 2.39. The Labute approximate surface area is 206 Å². The maximum Gasteiger partial charge on any atom is 0.245 e. The second kappa shape index (κ2) is 12.5. The fourth-order valence-electron chi connectivity index (χ4n) is 5.32. The van der Waals surface area contributed by atoms with E-state index in [0.29, 0.717) is 24.3 Å². The number of aromatic nitrogens is 2. The van der Waals surface area contributed by atoms with Crippen LogP contribution in [-0.4, -0.2) is 69.4 Å². The number of amides is 2.